The van der Waals surface area contributed by atoms with Gasteiger partial charge in [-0.3, -0.25) is 9.10 Å². The number of esters is 1. The van der Waals surface area contributed by atoms with Gasteiger partial charge in [0.2, 0.25) is 15.9 Å². The number of carbonyl (C=O) groups excluding carboxylic acids is 2. The van der Waals surface area contributed by atoms with Gasteiger partial charge in [0, 0.05) is 5.69 Å². The molecule has 1 N–H and O–H groups in total. The van der Waals surface area contributed by atoms with Crippen molar-refractivity contribution in [3.05, 3.63) is 84.4 Å². The van der Waals surface area contributed by atoms with Crippen molar-refractivity contribution < 1.29 is 27.5 Å². The zero-order valence-electron chi connectivity index (χ0n) is 19.1. The van der Waals surface area contributed by atoms with Gasteiger partial charge < -0.3 is 14.8 Å². The summed E-state index contributed by atoms with van der Waals surface area (Å²) in [5, 5.41) is 2.68. The van der Waals surface area contributed by atoms with Crippen LogP contribution in [0.1, 0.15) is 24.2 Å². The monoisotopic (exact) mass is 482 g/mol. The zero-order chi connectivity index (χ0) is 24.7. The molecular formula is C25H26N2O6S. The number of carbonyl (C=O) groups is 2. The Morgan fingerprint density at radius 1 is 0.912 bits per heavy atom. The summed E-state index contributed by atoms with van der Waals surface area (Å²) >= 11 is 0. The number of ether oxygens (including phenoxy) is 2. The Hall–Kier alpha value is -3.85. The molecule has 0 saturated heterocycles. The lowest BCUT2D eigenvalue weighted by atomic mass is 10.2. The van der Waals surface area contributed by atoms with Crippen molar-refractivity contribution in [1.29, 1.82) is 0 Å². The van der Waals surface area contributed by atoms with Crippen LogP contribution in [0.4, 0.5) is 11.4 Å². The topological polar surface area (TPSA) is 102 Å². The smallest absolute Gasteiger partial charge is 0.338 e. The Morgan fingerprint density at radius 2 is 1.50 bits per heavy atom. The van der Waals surface area contributed by atoms with E-state index in [9.17, 15) is 18.0 Å². The second-order valence-electron chi connectivity index (χ2n) is 7.43. The molecule has 0 heterocycles. The molecular weight excluding hydrogens is 456 g/mol. The fourth-order valence-corrected chi connectivity index (χ4v) is 4.42. The number of amides is 1. The van der Waals surface area contributed by atoms with E-state index in [0.29, 0.717) is 28.4 Å². The van der Waals surface area contributed by atoms with Gasteiger partial charge in [-0.15, -0.1) is 0 Å². The van der Waals surface area contributed by atoms with E-state index >= 15 is 0 Å². The molecule has 3 rings (SSSR count). The molecule has 0 unspecified atom stereocenters. The molecule has 0 aromatic heterocycles. The maximum Gasteiger partial charge on any atom is 0.338 e. The summed E-state index contributed by atoms with van der Waals surface area (Å²) in [6, 6.07) is 20.7. The van der Waals surface area contributed by atoms with Crippen LogP contribution in [0, 0.1) is 0 Å². The Morgan fingerprint density at radius 3 is 2.06 bits per heavy atom. The van der Waals surface area contributed by atoms with Crippen molar-refractivity contribution in [1.82, 2.24) is 0 Å². The summed E-state index contributed by atoms with van der Waals surface area (Å²) in [5.41, 5.74) is 1.09. The Bertz CT molecular complexity index is 1230. The first-order valence-electron chi connectivity index (χ1n) is 10.6. The van der Waals surface area contributed by atoms with Crippen molar-refractivity contribution in [3.8, 4) is 11.5 Å². The first-order valence-corrected chi connectivity index (χ1v) is 12.4. The quantitative estimate of drug-likeness (QED) is 0.452. The lowest BCUT2D eigenvalue weighted by Crippen LogP contribution is -2.45. The number of hydrogen-bond donors (Lipinski definition) is 1. The van der Waals surface area contributed by atoms with Crippen LogP contribution in [0.2, 0.25) is 0 Å². The molecule has 0 spiro atoms. The predicted molar refractivity (Wildman–Crippen MR) is 131 cm³/mol. The van der Waals surface area contributed by atoms with Crippen molar-refractivity contribution in [3.63, 3.8) is 0 Å². The molecule has 0 saturated carbocycles. The number of hydrogen-bond acceptors (Lipinski definition) is 6. The molecule has 0 bridgehead atoms. The van der Waals surface area contributed by atoms with Gasteiger partial charge in [0.05, 0.1) is 24.1 Å². The fourth-order valence-electron chi connectivity index (χ4n) is 3.25. The number of para-hydroxylation sites is 1. The van der Waals surface area contributed by atoms with Crippen LogP contribution < -0.4 is 14.4 Å². The Balaban J connectivity index is 1.74. The standard InChI is InChI=1S/C25H26N2O6S/c1-4-32-25(29)19-10-12-20(13-11-19)26-24(28)18(2)27(34(3,30)31)21-14-16-23(17-15-21)33-22-8-6-5-7-9-22/h5-18H,4H2,1-3H3,(H,26,28)/t18-/m0/s1. The first kappa shape index (κ1) is 24.8. The molecule has 0 aliphatic heterocycles. The number of nitrogens with one attached hydrogen (secondary N) is 1. The molecule has 3 aromatic rings. The second kappa shape index (κ2) is 10.8. The highest BCUT2D eigenvalue weighted by Crippen LogP contribution is 2.27. The van der Waals surface area contributed by atoms with Crippen LogP contribution in [-0.2, 0) is 19.6 Å². The van der Waals surface area contributed by atoms with Crippen molar-refractivity contribution in [2.24, 2.45) is 0 Å². The summed E-state index contributed by atoms with van der Waals surface area (Å²) in [6.07, 6.45) is 1.04. The molecule has 0 aliphatic carbocycles. The average molecular weight is 483 g/mol. The third kappa shape index (κ3) is 6.35. The van der Waals surface area contributed by atoms with Gasteiger partial charge in [-0.1, -0.05) is 18.2 Å². The van der Waals surface area contributed by atoms with Crippen LogP contribution in [0.3, 0.4) is 0 Å². The van der Waals surface area contributed by atoms with Crippen molar-refractivity contribution >= 4 is 33.3 Å². The van der Waals surface area contributed by atoms with Crippen LogP contribution in [0.5, 0.6) is 11.5 Å². The molecule has 0 aliphatic rings. The minimum absolute atomic E-state index is 0.259. The van der Waals surface area contributed by atoms with Gasteiger partial charge in [-0.05, 0) is 74.5 Å². The highest BCUT2D eigenvalue weighted by atomic mass is 32.2. The third-order valence-electron chi connectivity index (χ3n) is 4.82. The molecule has 178 valence electrons. The molecule has 1 atom stereocenters. The Labute approximate surface area is 199 Å². The largest absolute Gasteiger partial charge is 0.462 e. The van der Waals surface area contributed by atoms with Gasteiger partial charge >= 0.3 is 5.97 Å². The SMILES string of the molecule is CCOC(=O)c1ccc(NC(=O)[C@H](C)N(c2ccc(Oc3ccccc3)cc2)S(C)(=O)=O)cc1. The maximum atomic E-state index is 12.9. The van der Waals surface area contributed by atoms with E-state index in [2.05, 4.69) is 5.32 Å². The van der Waals surface area contributed by atoms with Crippen LogP contribution in [-0.4, -0.2) is 39.2 Å². The molecule has 9 heteroatoms. The third-order valence-corrected chi connectivity index (χ3v) is 6.06. The van der Waals surface area contributed by atoms with E-state index in [1.54, 1.807) is 43.3 Å². The minimum Gasteiger partial charge on any atom is -0.462 e. The Kier molecular flexibility index (Phi) is 7.91. The van der Waals surface area contributed by atoms with Gasteiger partial charge in [0.25, 0.3) is 0 Å². The maximum absolute atomic E-state index is 12.9. The van der Waals surface area contributed by atoms with E-state index in [1.165, 1.54) is 19.1 Å². The molecule has 0 fully saturated rings. The van der Waals surface area contributed by atoms with E-state index in [4.69, 9.17) is 9.47 Å². The minimum atomic E-state index is -3.78. The fraction of sp³-hybridized carbons (Fsp3) is 0.200. The molecule has 8 nitrogen and oxygen atoms in total. The van der Waals surface area contributed by atoms with E-state index in [1.807, 2.05) is 30.3 Å². The number of nitrogens with zero attached hydrogens (tertiary/aromatic N) is 1. The summed E-state index contributed by atoms with van der Waals surface area (Å²) < 4.78 is 36.8. The number of sulfonamides is 1. The lowest BCUT2D eigenvalue weighted by molar-refractivity contribution is -0.116. The van der Waals surface area contributed by atoms with Gasteiger partial charge in [-0.2, -0.15) is 0 Å². The predicted octanol–water partition coefficient (Wildman–Crippen LogP) is 4.45. The highest BCUT2D eigenvalue weighted by Gasteiger charge is 2.29. The van der Waals surface area contributed by atoms with E-state index in [-0.39, 0.29) is 6.61 Å². The molecule has 0 radical (unpaired) electrons. The summed E-state index contributed by atoms with van der Waals surface area (Å²) in [6.45, 7) is 3.47. The van der Waals surface area contributed by atoms with Gasteiger partial charge in [0.1, 0.15) is 17.5 Å². The first-order chi connectivity index (χ1) is 16.2. The summed E-state index contributed by atoms with van der Waals surface area (Å²) in [4.78, 5) is 24.6. The van der Waals surface area contributed by atoms with Crippen LogP contribution in [0.15, 0.2) is 78.9 Å². The second-order valence-corrected chi connectivity index (χ2v) is 9.29. The molecule has 3 aromatic carbocycles. The normalized spacial score (nSPS) is 11.9. The molecule has 34 heavy (non-hydrogen) atoms. The number of anilines is 2. The summed E-state index contributed by atoms with van der Waals surface area (Å²) in [5.74, 6) is 0.190. The lowest BCUT2D eigenvalue weighted by Gasteiger charge is -2.28. The van der Waals surface area contributed by atoms with E-state index in [0.717, 1.165) is 10.6 Å². The van der Waals surface area contributed by atoms with Gasteiger partial charge in [-0.25, -0.2) is 13.2 Å². The molecule has 1 amide bonds. The van der Waals surface area contributed by atoms with Crippen molar-refractivity contribution in [2.75, 3.05) is 22.5 Å². The number of benzene rings is 3. The van der Waals surface area contributed by atoms with Crippen LogP contribution in [0.25, 0.3) is 0 Å². The van der Waals surface area contributed by atoms with Crippen molar-refractivity contribution in [2.45, 2.75) is 19.9 Å². The van der Waals surface area contributed by atoms with Gasteiger partial charge in [0.15, 0.2) is 0 Å². The van der Waals surface area contributed by atoms with Crippen LogP contribution >= 0.6 is 0 Å². The van der Waals surface area contributed by atoms with E-state index < -0.39 is 27.9 Å². The summed E-state index contributed by atoms with van der Waals surface area (Å²) in [7, 11) is -3.78. The average Bonchev–Trinajstić information content (AvgIpc) is 2.80. The number of rotatable bonds is 9. The highest BCUT2D eigenvalue weighted by molar-refractivity contribution is 7.92. The zero-order valence-corrected chi connectivity index (χ0v) is 19.9.